The Balaban J connectivity index is 1.83. The van der Waals surface area contributed by atoms with Crippen LogP contribution in [0.5, 0.6) is 0 Å². The third kappa shape index (κ3) is 4.17. The van der Waals surface area contributed by atoms with Crippen molar-refractivity contribution < 1.29 is 5.11 Å². The molecule has 0 saturated heterocycles. The average Bonchev–Trinajstić information content (AvgIpc) is 3.38. The quantitative estimate of drug-likeness (QED) is 0.712. The molecule has 24 heavy (non-hydrogen) atoms. The van der Waals surface area contributed by atoms with E-state index in [0.29, 0.717) is 24.4 Å². The monoisotopic (exact) mass is 328 g/mol. The Kier molecular flexibility index (Phi) is 4.62. The first kappa shape index (κ1) is 16.6. The molecule has 1 fully saturated rings. The summed E-state index contributed by atoms with van der Waals surface area (Å²) < 4.78 is 0. The fourth-order valence-electron chi connectivity index (χ4n) is 2.37. The fourth-order valence-corrected chi connectivity index (χ4v) is 2.37. The molecule has 3 rings (SSSR count). The van der Waals surface area contributed by atoms with Gasteiger partial charge in [0.05, 0.1) is 11.4 Å². The van der Waals surface area contributed by atoms with Crippen LogP contribution in [0.1, 0.15) is 32.4 Å². The third-order valence-electron chi connectivity index (χ3n) is 4.15. The lowest BCUT2D eigenvalue weighted by Gasteiger charge is -2.21. The number of nitrogens with one attached hydrogen (secondary N) is 1. The zero-order chi connectivity index (χ0) is 17.2. The first-order valence-electron chi connectivity index (χ1n) is 8.26. The van der Waals surface area contributed by atoms with Crippen molar-refractivity contribution >= 4 is 11.9 Å². The van der Waals surface area contributed by atoms with E-state index in [2.05, 4.69) is 25.3 Å². The van der Waals surface area contributed by atoms with E-state index in [9.17, 15) is 5.11 Å². The maximum atomic E-state index is 9.35. The Morgan fingerprint density at radius 3 is 2.79 bits per heavy atom. The van der Waals surface area contributed by atoms with Crippen LogP contribution in [0.2, 0.25) is 0 Å². The Bertz CT molecular complexity index is 714. The van der Waals surface area contributed by atoms with Crippen LogP contribution in [0.3, 0.4) is 0 Å². The van der Waals surface area contributed by atoms with E-state index in [1.54, 1.807) is 12.4 Å². The van der Waals surface area contributed by atoms with Crippen LogP contribution < -0.4 is 11.1 Å². The molecule has 0 unspecified atom stereocenters. The minimum atomic E-state index is -0.235. The van der Waals surface area contributed by atoms with Gasteiger partial charge in [-0.2, -0.15) is 0 Å². The van der Waals surface area contributed by atoms with Crippen molar-refractivity contribution in [2.75, 3.05) is 24.2 Å². The number of rotatable bonds is 7. The molecule has 2 aromatic heterocycles. The predicted molar refractivity (Wildman–Crippen MR) is 93.3 cm³/mol. The van der Waals surface area contributed by atoms with Crippen molar-refractivity contribution in [3.05, 3.63) is 24.2 Å². The second-order valence-corrected chi connectivity index (χ2v) is 7.18. The van der Waals surface area contributed by atoms with E-state index in [4.69, 9.17) is 5.73 Å². The molecule has 128 valence electrons. The minimum absolute atomic E-state index is 0.0943. The van der Waals surface area contributed by atoms with Gasteiger partial charge in [-0.1, -0.05) is 13.8 Å². The van der Waals surface area contributed by atoms with Crippen LogP contribution in [0, 0.1) is 11.3 Å². The molecule has 0 atom stereocenters. The number of anilines is 2. The Morgan fingerprint density at radius 2 is 2.08 bits per heavy atom. The van der Waals surface area contributed by atoms with Crippen molar-refractivity contribution in [3.63, 3.8) is 0 Å². The second kappa shape index (κ2) is 6.68. The summed E-state index contributed by atoms with van der Waals surface area (Å²) in [5.74, 6) is 1.53. The normalized spacial score (nSPS) is 14.6. The SMILES string of the molecule is CC(C)(CO)CNc1nccc(-c2cnc(N)nc2CC2CC2)n1. The van der Waals surface area contributed by atoms with Gasteiger partial charge in [0, 0.05) is 36.5 Å². The van der Waals surface area contributed by atoms with Crippen molar-refractivity contribution in [1.29, 1.82) is 0 Å². The molecule has 0 spiro atoms. The van der Waals surface area contributed by atoms with E-state index in [0.717, 1.165) is 23.4 Å². The van der Waals surface area contributed by atoms with Gasteiger partial charge in [-0.05, 0) is 31.2 Å². The van der Waals surface area contributed by atoms with Crippen LogP contribution in [0.4, 0.5) is 11.9 Å². The summed E-state index contributed by atoms with van der Waals surface area (Å²) in [4.78, 5) is 17.4. The predicted octanol–water partition coefficient (Wildman–Crippen LogP) is 1.90. The van der Waals surface area contributed by atoms with E-state index in [1.807, 2.05) is 19.9 Å². The molecule has 1 saturated carbocycles. The Hall–Kier alpha value is -2.28. The first-order chi connectivity index (χ1) is 11.5. The lowest BCUT2D eigenvalue weighted by molar-refractivity contribution is 0.170. The van der Waals surface area contributed by atoms with Gasteiger partial charge in [-0.15, -0.1) is 0 Å². The molecule has 7 nitrogen and oxygen atoms in total. The lowest BCUT2D eigenvalue weighted by atomic mass is 9.95. The third-order valence-corrected chi connectivity index (χ3v) is 4.15. The maximum Gasteiger partial charge on any atom is 0.223 e. The number of hydrogen-bond acceptors (Lipinski definition) is 7. The van der Waals surface area contributed by atoms with Gasteiger partial charge in [-0.3, -0.25) is 0 Å². The Morgan fingerprint density at radius 1 is 1.29 bits per heavy atom. The van der Waals surface area contributed by atoms with E-state index < -0.39 is 0 Å². The van der Waals surface area contributed by atoms with Gasteiger partial charge in [0.25, 0.3) is 0 Å². The largest absolute Gasteiger partial charge is 0.396 e. The molecular weight excluding hydrogens is 304 g/mol. The number of aromatic nitrogens is 4. The second-order valence-electron chi connectivity index (χ2n) is 7.18. The lowest BCUT2D eigenvalue weighted by Crippen LogP contribution is -2.27. The van der Waals surface area contributed by atoms with Crippen molar-refractivity contribution in [3.8, 4) is 11.3 Å². The summed E-state index contributed by atoms with van der Waals surface area (Å²) in [5.41, 5.74) is 8.15. The molecule has 1 aliphatic carbocycles. The first-order valence-corrected chi connectivity index (χ1v) is 8.26. The van der Waals surface area contributed by atoms with Crippen molar-refractivity contribution in [1.82, 2.24) is 19.9 Å². The minimum Gasteiger partial charge on any atom is -0.396 e. The summed E-state index contributed by atoms with van der Waals surface area (Å²) in [6.45, 7) is 4.63. The summed E-state index contributed by atoms with van der Waals surface area (Å²) in [5, 5.41) is 12.5. The molecule has 2 aromatic rings. The van der Waals surface area contributed by atoms with Gasteiger partial charge < -0.3 is 16.2 Å². The van der Waals surface area contributed by atoms with Crippen molar-refractivity contribution in [2.45, 2.75) is 33.1 Å². The molecule has 7 heteroatoms. The van der Waals surface area contributed by atoms with Crippen LogP contribution in [-0.2, 0) is 6.42 Å². The molecule has 2 heterocycles. The zero-order valence-electron chi connectivity index (χ0n) is 14.2. The molecular formula is C17H24N6O. The van der Waals surface area contributed by atoms with Gasteiger partial charge >= 0.3 is 0 Å². The topological polar surface area (TPSA) is 110 Å². The summed E-state index contributed by atoms with van der Waals surface area (Å²) in [7, 11) is 0. The van der Waals surface area contributed by atoms with Gasteiger partial charge in [-0.25, -0.2) is 19.9 Å². The summed E-state index contributed by atoms with van der Waals surface area (Å²) in [6.07, 6.45) is 6.86. The highest BCUT2D eigenvalue weighted by Gasteiger charge is 2.24. The molecule has 0 bridgehead atoms. The van der Waals surface area contributed by atoms with Crippen LogP contribution in [0.25, 0.3) is 11.3 Å². The molecule has 0 aromatic carbocycles. The number of hydrogen-bond donors (Lipinski definition) is 3. The van der Waals surface area contributed by atoms with Gasteiger partial charge in [0.2, 0.25) is 11.9 Å². The van der Waals surface area contributed by atoms with Crippen LogP contribution >= 0.6 is 0 Å². The number of aliphatic hydroxyl groups is 1. The standard InChI is InChI=1S/C17H24N6O/c1-17(2,10-24)9-21-16-19-6-5-13(23-16)12-8-20-15(18)22-14(12)7-11-3-4-11/h5-6,8,11,24H,3-4,7,9-10H2,1-2H3,(H2,18,20,22)(H,19,21,23). The zero-order valence-corrected chi connectivity index (χ0v) is 14.2. The number of aliphatic hydroxyl groups excluding tert-OH is 1. The molecule has 1 aliphatic rings. The highest BCUT2D eigenvalue weighted by atomic mass is 16.3. The van der Waals surface area contributed by atoms with Crippen LogP contribution in [0.15, 0.2) is 18.5 Å². The number of nitrogens with two attached hydrogens (primary N) is 1. The molecule has 0 amide bonds. The molecule has 4 N–H and O–H groups in total. The van der Waals surface area contributed by atoms with Crippen molar-refractivity contribution in [2.24, 2.45) is 11.3 Å². The Labute approximate surface area is 141 Å². The van der Waals surface area contributed by atoms with Gasteiger partial charge in [0.1, 0.15) is 0 Å². The fraction of sp³-hybridized carbons (Fsp3) is 0.529. The molecule has 0 radical (unpaired) electrons. The van der Waals surface area contributed by atoms with Crippen LogP contribution in [-0.4, -0.2) is 38.2 Å². The number of nitrogen functional groups attached to an aromatic ring is 1. The number of nitrogens with zero attached hydrogens (tertiary/aromatic N) is 4. The highest BCUT2D eigenvalue weighted by molar-refractivity contribution is 5.62. The van der Waals surface area contributed by atoms with E-state index >= 15 is 0 Å². The summed E-state index contributed by atoms with van der Waals surface area (Å²) >= 11 is 0. The van der Waals surface area contributed by atoms with E-state index in [-0.39, 0.29) is 12.0 Å². The average molecular weight is 328 g/mol. The maximum absolute atomic E-state index is 9.35. The van der Waals surface area contributed by atoms with Gasteiger partial charge in [0.15, 0.2) is 0 Å². The summed E-state index contributed by atoms with van der Waals surface area (Å²) in [6, 6.07) is 1.85. The molecule has 0 aliphatic heterocycles. The smallest absolute Gasteiger partial charge is 0.223 e. The van der Waals surface area contributed by atoms with E-state index in [1.165, 1.54) is 12.8 Å². The highest BCUT2D eigenvalue weighted by Crippen LogP contribution is 2.34.